The molecule has 0 bridgehead atoms. The van der Waals surface area contributed by atoms with Crippen LogP contribution in [0, 0.1) is 0 Å². The van der Waals surface area contributed by atoms with Crippen molar-refractivity contribution in [1.82, 2.24) is 0 Å². The fraction of sp³-hybridized carbons (Fsp3) is 0.0909. The average molecular weight is 374 g/mol. The van der Waals surface area contributed by atoms with Gasteiger partial charge in [0.05, 0.1) is 10.9 Å². The van der Waals surface area contributed by atoms with Crippen LogP contribution in [-0.4, -0.2) is 17.1 Å². The number of carbonyl (C=O) groups excluding carboxylic acids is 2. The molecule has 0 radical (unpaired) electrons. The Hall–Kier alpha value is -3.05. The van der Waals surface area contributed by atoms with E-state index in [-0.39, 0.29) is 17.1 Å². The normalized spacial score (nSPS) is 15.6. The second-order valence-electron chi connectivity index (χ2n) is 6.36. The van der Waals surface area contributed by atoms with E-state index < -0.39 is 0 Å². The van der Waals surface area contributed by atoms with Crippen LogP contribution in [0.3, 0.4) is 0 Å². The molecule has 1 atom stereocenters. The summed E-state index contributed by atoms with van der Waals surface area (Å²) in [6.07, 6.45) is 0. The van der Waals surface area contributed by atoms with Crippen LogP contribution in [0.4, 0.5) is 11.4 Å². The Labute approximate surface area is 162 Å². The zero-order valence-electron chi connectivity index (χ0n) is 14.7. The maximum atomic E-state index is 12.6. The lowest BCUT2D eigenvalue weighted by Gasteiger charge is -2.21. The van der Waals surface area contributed by atoms with E-state index in [0.29, 0.717) is 11.3 Å². The predicted molar refractivity (Wildman–Crippen MR) is 110 cm³/mol. The summed E-state index contributed by atoms with van der Waals surface area (Å²) in [5, 5.41) is 5.64. The van der Waals surface area contributed by atoms with Gasteiger partial charge in [-0.2, -0.15) is 0 Å². The molecule has 1 aliphatic heterocycles. The summed E-state index contributed by atoms with van der Waals surface area (Å²) >= 11 is 1.50. The van der Waals surface area contributed by atoms with E-state index in [1.807, 2.05) is 67.6 Å². The van der Waals surface area contributed by atoms with Gasteiger partial charge in [-0.1, -0.05) is 42.5 Å². The van der Waals surface area contributed by atoms with Crippen molar-refractivity contribution in [2.24, 2.45) is 0 Å². The lowest BCUT2D eigenvalue weighted by Crippen LogP contribution is -2.26. The highest BCUT2D eigenvalue weighted by Gasteiger charge is 2.23. The first-order valence-electron chi connectivity index (χ1n) is 8.68. The molecule has 4 nitrogen and oxygen atoms in total. The van der Waals surface area contributed by atoms with Crippen LogP contribution in [-0.2, 0) is 4.79 Å². The standard InChI is InChI=1S/C22H18N2O2S/c1-14-21(25)24-19-13-17(9-12-20(19)27-14)22(26)23-18-10-7-16(8-11-18)15-5-3-2-4-6-15/h2-14H,1H3,(H,23,26)(H,24,25)/t14-/m1/s1. The van der Waals surface area contributed by atoms with E-state index in [1.165, 1.54) is 11.8 Å². The van der Waals surface area contributed by atoms with Crippen molar-refractivity contribution in [1.29, 1.82) is 0 Å². The van der Waals surface area contributed by atoms with E-state index in [9.17, 15) is 9.59 Å². The smallest absolute Gasteiger partial charge is 0.255 e. The molecule has 27 heavy (non-hydrogen) atoms. The third-order valence-electron chi connectivity index (χ3n) is 4.42. The number of hydrogen-bond donors (Lipinski definition) is 2. The summed E-state index contributed by atoms with van der Waals surface area (Å²) < 4.78 is 0. The average Bonchev–Trinajstić information content (AvgIpc) is 2.70. The number of nitrogens with one attached hydrogen (secondary N) is 2. The van der Waals surface area contributed by atoms with Crippen molar-refractivity contribution in [3.8, 4) is 11.1 Å². The lowest BCUT2D eigenvalue weighted by atomic mass is 10.1. The Kier molecular flexibility index (Phi) is 4.69. The number of thioether (sulfide) groups is 1. The SMILES string of the molecule is C[C@H]1Sc2ccc(C(=O)Nc3ccc(-c4ccccc4)cc3)cc2NC1=O. The first-order chi connectivity index (χ1) is 13.1. The number of hydrogen-bond acceptors (Lipinski definition) is 3. The summed E-state index contributed by atoms with van der Waals surface area (Å²) in [4.78, 5) is 25.4. The first kappa shape index (κ1) is 17.4. The zero-order chi connectivity index (χ0) is 18.8. The molecule has 0 aliphatic carbocycles. The number of carbonyl (C=O) groups is 2. The molecule has 3 aromatic carbocycles. The third kappa shape index (κ3) is 3.73. The molecule has 3 aromatic rings. The molecule has 0 spiro atoms. The summed E-state index contributed by atoms with van der Waals surface area (Å²) in [6.45, 7) is 1.86. The zero-order valence-corrected chi connectivity index (χ0v) is 15.5. The van der Waals surface area contributed by atoms with Gasteiger partial charge in [0.25, 0.3) is 5.91 Å². The molecule has 1 heterocycles. The van der Waals surface area contributed by atoms with Gasteiger partial charge in [0.15, 0.2) is 0 Å². The van der Waals surface area contributed by atoms with Crippen molar-refractivity contribution in [3.63, 3.8) is 0 Å². The van der Waals surface area contributed by atoms with E-state index >= 15 is 0 Å². The Morgan fingerprint density at radius 3 is 2.41 bits per heavy atom. The Morgan fingerprint density at radius 1 is 0.963 bits per heavy atom. The fourth-order valence-electron chi connectivity index (χ4n) is 2.93. The summed E-state index contributed by atoms with van der Waals surface area (Å²) in [6, 6.07) is 23.2. The minimum atomic E-state index is -0.205. The molecular formula is C22H18N2O2S. The number of anilines is 2. The molecule has 134 valence electrons. The number of rotatable bonds is 3. The monoisotopic (exact) mass is 374 g/mol. The molecule has 5 heteroatoms. The van der Waals surface area contributed by atoms with Gasteiger partial charge in [-0.05, 0) is 48.4 Å². The Balaban J connectivity index is 1.49. The van der Waals surface area contributed by atoms with Gasteiger partial charge in [-0.15, -0.1) is 11.8 Å². The molecular weight excluding hydrogens is 356 g/mol. The van der Waals surface area contributed by atoms with E-state index in [2.05, 4.69) is 10.6 Å². The molecule has 4 rings (SSSR count). The molecule has 0 fully saturated rings. The largest absolute Gasteiger partial charge is 0.324 e. The van der Waals surface area contributed by atoms with Crippen molar-refractivity contribution in [2.75, 3.05) is 10.6 Å². The van der Waals surface area contributed by atoms with Gasteiger partial charge < -0.3 is 10.6 Å². The van der Waals surface area contributed by atoms with Crippen molar-refractivity contribution in [2.45, 2.75) is 17.1 Å². The van der Waals surface area contributed by atoms with E-state index in [0.717, 1.165) is 21.7 Å². The van der Waals surface area contributed by atoms with Gasteiger partial charge >= 0.3 is 0 Å². The minimum Gasteiger partial charge on any atom is -0.324 e. The summed E-state index contributed by atoms with van der Waals surface area (Å²) in [5.41, 5.74) is 4.15. The van der Waals surface area contributed by atoms with Gasteiger partial charge in [0, 0.05) is 16.1 Å². The van der Waals surface area contributed by atoms with Crippen LogP contribution in [0.15, 0.2) is 77.7 Å². The highest BCUT2D eigenvalue weighted by atomic mass is 32.2. The molecule has 0 aromatic heterocycles. The summed E-state index contributed by atoms with van der Waals surface area (Å²) in [7, 11) is 0. The van der Waals surface area contributed by atoms with Crippen molar-refractivity contribution in [3.05, 3.63) is 78.4 Å². The molecule has 1 aliphatic rings. The number of fused-ring (bicyclic) bond motifs is 1. The van der Waals surface area contributed by atoms with Gasteiger partial charge in [0.2, 0.25) is 5.91 Å². The number of amides is 2. The fourth-order valence-corrected chi connectivity index (χ4v) is 3.86. The van der Waals surface area contributed by atoms with Gasteiger partial charge in [-0.25, -0.2) is 0 Å². The molecule has 0 saturated carbocycles. The highest BCUT2D eigenvalue weighted by molar-refractivity contribution is 8.00. The van der Waals surface area contributed by atoms with Crippen LogP contribution in [0.5, 0.6) is 0 Å². The van der Waals surface area contributed by atoms with Crippen molar-refractivity contribution >= 4 is 35.0 Å². The molecule has 2 N–H and O–H groups in total. The van der Waals surface area contributed by atoms with E-state index in [1.54, 1.807) is 12.1 Å². The van der Waals surface area contributed by atoms with Gasteiger partial charge in [0.1, 0.15) is 0 Å². The second-order valence-corrected chi connectivity index (χ2v) is 7.74. The Bertz CT molecular complexity index is 1000. The molecule has 0 unspecified atom stereocenters. The predicted octanol–water partition coefficient (Wildman–Crippen LogP) is 5.04. The molecule has 0 saturated heterocycles. The van der Waals surface area contributed by atoms with Crippen molar-refractivity contribution < 1.29 is 9.59 Å². The van der Waals surface area contributed by atoms with E-state index in [4.69, 9.17) is 0 Å². The lowest BCUT2D eigenvalue weighted by molar-refractivity contribution is -0.115. The third-order valence-corrected chi connectivity index (χ3v) is 5.60. The van der Waals surface area contributed by atoms with Gasteiger partial charge in [-0.3, -0.25) is 9.59 Å². The van der Waals surface area contributed by atoms with Crippen LogP contribution in [0.2, 0.25) is 0 Å². The summed E-state index contributed by atoms with van der Waals surface area (Å²) in [5.74, 6) is -0.246. The quantitative estimate of drug-likeness (QED) is 0.675. The highest BCUT2D eigenvalue weighted by Crippen LogP contribution is 2.36. The molecule has 2 amide bonds. The van der Waals surface area contributed by atoms with Crippen LogP contribution in [0.1, 0.15) is 17.3 Å². The first-order valence-corrected chi connectivity index (χ1v) is 9.56. The Morgan fingerprint density at radius 2 is 1.67 bits per heavy atom. The van der Waals surface area contributed by atoms with Crippen LogP contribution < -0.4 is 10.6 Å². The number of benzene rings is 3. The topological polar surface area (TPSA) is 58.2 Å². The minimum absolute atomic E-state index is 0.0402. The van der Waals surface area contributed by atoms with Crippen LogP contribution in [0.25, 0.3) is 11.1 Å². The maximum absolute atomic E-state index is 12.6. The maximum Gasteiger partial charge on any atom is 0.255 e. The second kappa shape index (κ2) is 7.29. The van der Waals surface area contributed by atoms with Crippen LogP contribution >= 0.6 is 11.8 Å².